The van der Waals surface area contributed by atoms with E-state index in [-0.39, 0.29) is 0 Å². The normalized spacial score (nSPS) is 10.5. The molecule has 0 aliphatic rings. The average Bonchev–Trinajstić information content (AvgIpc) is 3.17. The molecule has 6 N–H and O–H groups in total. The highest BCUT2D eigenvalue weighted by molar-refractivity contribution is 7.21. The number of aryl methyl sites for hydroxylation is 1. The zero-order valence-electron chi connectivity index (χ0n) is 16.2. The number of nitrogens with two attached hydrogens (primary N) is 2. The maximum atomic E-state index is 8.71. The second-order valence-electron chi connectivity index (χ2n) is 6.71. The van der Waals surface area contributed by atoms with E-state index in [0.717, 1.165) is 27.2 Å². The van der Waals surface area contributed by atoms with Gasteiger partial charge in [0.15, 0.2) is 0 Å². The SMILES string of the molecule is Cc1ccc2nc(-c3ccc(CN)cc3)sc2c1.NCc1ccc(B(O)O)cc1. The van der Waals surface area contributed by atoms with Gasteiger partial charge in [0.25, 0.3) is 0 Å². The fourth-order valence-electron chi connectivity index (χ4n) is 2.76. The van der Waals surface area contributed by atoms with E-state index < -0.39 is 7.12 Å². The van der Waals surface area contributed by atoms with Crippen LogP contribution in [0.4, 0.5) is 0 Å². The second-order valence-corrected chi connectivity index (χ2v) is 7.74. The Morgan fingerprint density at radius 3 is 2.00 bits per heavy atom. The molecule has 0 unspecified atom stereocenters. The van der Waals surface area contributed by atoms with Gasteiger partial charge in [0.05, 0.1) is 10.2 Å². The van der Waals surface area contributed by atoms with E-state index in [1.807, 2.05) is 0 Å². The van der Waals surface area contributed by atoms with Crippen molar-refractivity contribution in [2.24, 2.45) is 11.5 Å². The molecular weight excluding hydrogens is 381 g/mol. The summed E-state index contributed by atoms with van der Waals surface area (Å²) in [5, 5.41) is 18.5. The Bertz CT molecular complexity index is 1060. The lowest BCUT2D eigenvalue weighted by Gasteiger charge is -1.99. The van der Waals surface area contributed by atoms with Crippen LogP contribution in [-0.2, 0) is 13.1 Å². The van der Waals surface area contributed by atoms with Crippen LogP contribution in [0.3, 0.4) is 0 Å². The molecule has 0 saturated carbocycles. The largest absolute Gasteiger partial charge is 0.488 e. The molecular formula is C22H24BN3O2S. The lowest BCUT2D eigenvalue weighted by atomic mass is 9.80. The number of thiazole rings is 1. The van der Waals surface area contributed by atoms with Gasteiger partial charge in [-0.2, -0.15) is 0 Å². The van der Waals surface area contributed by atoms with Crippen LogP contribution in [0.1, 0.15) is 16.7 Å². The summed E-state index contributed by atoms with van der Waals surface area (Å²) in [6.45, 7) is 3.16. The van der Waals surface area contributed by atoms with Crippen molar-refractivity contribution in [1.82, 2.24) is 4.98 Å². The van der Waals surface area contributed by atoms with E-state index in [2.05, 4.69) is 54.4 Å². The number of fused-ring (bicyclic) bond motifs is 1. The number of rotatable bonds is 4. The predicted molar refractivity (Wildman–Crippen MR) is 122 cm³/mol. The summed E-state index contributed by atoms with van der Waals surface area (Å²) >= 11 is 1.74. The Hall–Kier alpha value is -2.55. The van der Waals surface area contributed by atoms with Gasteiger partial charge >= 0.3 is 7.12 Å². The molecule has 0 aliphatic carbocycles. The number of aromatic nitrogens is 1. The quantitative estimate of drug-likeness (QED) is 0.391. The molecule has 0 atom stereocenters. The van der Waals surface area contributed by atoms with E-state index in [1.54, 1.807) is 35.6 Å². The number of nitrogens with zero attached hydrogens (tertiary/aromatic N) is 1. The number of benzene rings is 3. The molecule has 3 aromatic carbocycles. The van der Waals surface area contributed by atoms with Crippen molar-refractivity contribution >= 4 is 34.1 Å². The smallest absolute Gasteiger partial charge is 0.423 e. The van der Waals surface area contributed by atoms with Crippen molar-refractivity contribution in [3.8, 4) is 10.6 Å². The van der Waals surface area contributed by atoms with E-state index in [4.69, 9.17) is 21.5 Å². The van der Waals surface area contributed by atoms with E-state index >= 15 is 0 Å². The third kappa shape index (κ3) is 5.50. The molecule has 4 rings (SSSR count). The molecule has 0 amide bonds. The van der Waals surface area contributed by atoms with Gasteiger partial charge in [0.1, 0.15) is 5.01 Å². The molecule has 1 heterocycles. The van der Waals surface area contributed by atoms with Crippen LogP contribution in [0, 0.1) is 6.92 Å². The summed E-state index contributed by atoms with van der Waals surface area (Å²) in [6, 6.07) is 21.5. The average molecular weight is 405 g/mol. The van der Waals surface area contributed by atoms with Gasteiger partial charge in [-0.05, 0) is 41.2 Å². The van der Waals surface area contributed by atoms with E-state index in [0.29, 0.717) is 18.6 Å². The summed E-state index contributed by atoms with van der Waals surface area (Å²) in [4.78, 5) is 4.67. The van der Waals surface area contributed by atoms with E-state index in [1.165, 1.54) is 10.3 Å². The first kappa shape index (κ1) is 21.2. The summed E-state index contributed by atoms with van der Waals surface area (Å²) < 4.78 is 1.24. The minimum absolute atomic E-state index is 0.474. The van der Waals surface area contributed by atoms with Gasteiger partial charge in [-0.25, -0.2) is 4.98 Å². The monoisotopic (exact) mass is 405 g/mol. The Morgan fingerprint density at radius 2 is 1.45 bits per heavy atom. The van der Waals surface area contributed by atoms with Crippen LogP contribution in [0.5, 0.6) is 0 Å². The van der Waals surface area contributed by atoms with Gasteiger partial charge in [-0.1, -0.05) is 54.6 Å². The highest BCUT2D eigenvalue weighted by Gasteiger charge is 2.09. The molecule has 29 heavy (non-hydrogen) atoms. The van der Waals surface area contributed by atoms with Crippen LogP contribution < -0.4 is 16.9 Å². The van der Waals surface area contributed by atoms with Crippen LogP contribution in [-0.4, -0.2) is 22.2 Å². The maximum absolute atomic E-state index is 8.71. The molecule has 0 fully saturated rings. The topological polar surface area (TPSA) is 105 Å². The molecule has 0 aliphatic heterocycles. The predicted octanol–water partition coefficient (Wildman–Crippen LogP) is 2.56. The highest BCUT2D eigenvalue weighted by Crippen LogP contribution is 2.30. The number of hydrogen-bond acceptors (Lipinski definition) is 6. The molecule has 0 bridgehead atoms. The van der Waals surface area contributed by atoms with Gasteiger partial charge in [-0.3, -0.25) is 0 Å². The first-order valence-corrected chi connectivity index (χ1v) is 10.1. The Kier molecular flexibility index (Phi) is 7.14. The molecule has 7 heteroatoms. The third-order valence-corrected chi connectivity index (χ3v) is 5.56. The fourth-order valence-corrected chi connectivity index (χ4v) is 3.83. The van der Waals surface area contributed by atoms with Gasteiger partial charge in [0.2, 0.25) is 0 Å². The van der Waals surface area contributed by atoms with Crippen molar-refractivity contribution in [1.29, 1.82) is 0 Å². The van der Waals surface area contributed by atoms with Gasteiger partial charge in [0, 0.05) is 18.7 Å². The Balaban J connectivity index is 0.000000188. The lowest BCUT2D eigenvalue weighted by molar-refractivity contribution is 0.426. The molecule has 148 valence electrons. The highest BCUT2D eigenvalue weighted by atomic mass is 32.1. The standard InChI is InChI=1S/C15H14N2S.C7H10BNO2/c1-10-2-7-13-14(8-10)18-15(17-13)12-5-3-11(9-16)4-6-12;9-5-6-1-3-7(4-2-6)8(10)11/h2-8H,9,16H2,1H3;1-4,10-11H,5,9H2. The Morgan fingerprint density at radius 1 is 0.862 bits per heavy atom. The molecule has 1 aromatic heterocycles. The second kappa shape index (κ2) is 9.78. The van der Waals surface area contributed by atoms with Gasteiger partial charge in [-0.15, -0.1) is 11.3 Å². The lowest BCUT2D eigenvalue weighted by Crippen LogP contribution is -2.29. The molecule has 4 aromatic rings. The first-order valence-electron chi connectivity index (χ1n) is 9.31. The summed E-state index contributed by atoms with van der Waals surface area (Å²) in [6.07, 6.45) is 0. The molecule has 0 spiro atoms. The van der Waals surface area contributed by atoms with Crippen molar-refractivity contribution in [2.45, 2.75) is 20.0 Å². The summed E-state index contributed by atoms with van der Waals surface area (Å²) in [5.41, 5.74) is 17.1. The minimum atomic E-state index is -1.39. The zero-order chi connectivity index (χ0) is 20.8. The minimum Gasteiger partial charge on any atom is -0.423 e. The third-order valence-electron chi connectivity index (χ3n) is 4.49. The van der Waals surface area contributed by atoms with Crippen molar-refractivity contribution in [2.75, 3.05) is 0 Å². The molecule has 5 nitrogen and oxygen atoms in total. The van der Waals surface area contributed by atoms with Crippen LogP contribution >= 0.6 is 11.3 Å². The summed E-state index contributed by atoms with van der Waals surface area (Å²) in [7, 11) is -1.39. The van der Waals surface area contributed by atoms with Crippen LogP contribution in [0.2, 0.25) is 0 Å². The van der Waals surface area contributed by atoms with Crippen LogP contribution in [0.25, 0.3) is 20.8 Å². The first-order chi connectivity index (χ1) is 14.0. The van der Waals surface area contributed by atoms with Crippen molar-refractivity contribution in [3.63, 3.8) is 0 Å². The summed E-state index contributed by atoms with van der Waals surface area (Å²) in [5.74, 6) is 0. The zero-order valence-corrected chi connectivity index (χ0v) is 17.1. The van der Waals surface area contributed by atoms with E-state index in [9.17, 15) is 0 Å². The van der Waals surface area contributed by atoms with Crippen molar-refractivity contribution in [3.05, 3.63) is 83.4 Å². The van der Waals surface area contributed by atoms with Crippen LogP contribution in [0.15, 0.2) is 66.7 Å². The molecule has 0 saturated heterocycles. The maximum Gasteiger partial charge on any atom is 0.488 e. The van der Waals surface area contributed by atoms with Crippen molar-refractivity contribution < 1.29 is 10.0 Å². The fraction of sp³-hybridized carbons (Fsp3) is 0.136. The molecule has 0 radical (unpaired) electrons. The van der Waals surface area contributed by atoms with Gasteiger partial charge < -0.3 is 21.5 Å². The number of hydrogen-bond donors (Lipinski definition) is 4. The Labute approximate surface area is 174 Å².